The van der Waals surface area contributed by atoms with E-state index in [4.69, 9.17) is 0 Å². The van der Waals surface area contributed by atoms with Crippen molar-refractivity contribution in [1.29, 1.82) is 0 Å². The highest BCUT2D eigenvalue weighted by Gasteiger charge is 2.07. The molecule has 0 aromatic carbocycles. The van der Waals surface area contributed by atoms with Crippen molar-refractivity contribution in [3.05, 3.63) is 42.0 Å². The quantitative estimate of drug-likeness (QED) is 0.723. The molecule has 21 heavy (non-hydrogen) atoms. The molecule has 1 atom stereocenters. The monoisotopic (exact) mass is 287 g/mol. The zero-order valence-electron chi connectivity index (χ0n) is 12.4. The number of carbonyl (C=O) groups excluding carboxylic acids is 1. The number of aryl methyl sites for hydroxylation is 1. The Bertz CT molecular complexity index is 566. The number of carbonyl (C=O) groups is 1. The van der Waals surface area contributed by atoms with Crippen LogP contribution in [0.3, 0.4) is 0 Å². The highest BCUT2D eigenvalue weighted by Crippen LogP contribution is 2.04. The molecule has 1 amide bonds. The Morgan fingerprint density at radius 3 is 3.00 bits per heavy atom. The Hall–Kier alpha value is -2.21. The van der Waals surface area contributed by atoms with Gasteiger partial charge >= 0.3 is 0 Å². The molecule has 0 aliphatic heterocycles. The summed E-state index contributed by atoms with van der Waals surface area (Å²) in [5.41, 5.74) is 2.82. The van der Waals surface area contributed by atoms with E-state index in [1.165, 1.54) is 0 Å². The fourth-order valence-electron chi connectivity index (χ4n) is 2.06. The predicted octanol–water partition coefficient (Wildman–Crippen LogP) is 1.66. The van der Waals surface area contributed by atoms with E-state index in [1.807, 2.05) is 19.1 Å². The first kappa shape index (κ1) is 15.2. The Kier molecular flexibility index (Phi) is 5.45. The van der Waals surface area contributed by atoms with Gasteiger partial charge in [-0.1, -0.05) is 0 Å². The maximum Gasteiger partial charge on any atom is 0.225 e. The fraction of sp³-hybridized carbons (Fsp3) is 0.400. The molecule has 6 nitrogen and oxygen atoms in total. The average Bonchev–Trinajstić information content (AvgIpc) is 2.85. The van der Waals surface area contributed by atoms with Crippen LogP contribution in [0.5, 0.6) is 0 Å². The summed E-state index contributed by atoms with van der Waals surface area (Å²) in [6, 6.07) is 5.93. The van der Waals surface area contributed by atoms with Gasteiger partial charge in [-0.2, -0.15) is 5.10 Å². The standard InChI is InChI=1S/C15H21N5O/c1-11(8-14-9-12(2)19-20-14)17-7-5-15(21)18-13-4-3-6-16-10-13/h3-4,6,9-11,17H,5,7-8H2,1-2H3,(H,18,21)(H,19,20). The summed E-state index contributed by atoms with van der Waals surface area (Å²) < 4.78 is 0. The molecule has 112 valence electrons. The van der Waals surface area contributed by atoms with E-state index in [0.29, 0.717) is 13.0 Å². The normalized spacial score (nSPS) is 12.1. The fourth-order valence-corrected chi connectivity index (χ4v) is 2.06. The van der Waals surface area contributed by atoms with Gasteiger partial charge in [0, 0.05) is 37.3 Å². The van der Waals surface area contributed by atoms with Gasteiger partial charge in [0.05, 0.1) is 17.6 Å². The Morgan fingerprint density at radius 2 is 2.33 bits per heavy atom. The second-order valence-corrected chi connectivity index (χ2v) is 5.14. The largest absolute Gasteiger partial charge is 0.325 e. The van der Waals surface area contributed by atoms with Crippen molar-refractivity contribution in [1.82, 2.24) is 20.5 Å². The molecule has 0 radical (unpaired) electrons. The van der Waals surface area contributed by atoms with Crippen LogP contribution in [0.25, 0.3) is 0 Å². The predicted molar refractivity (Wildman–Crippen MR) is 82.0 cm³/mol. The molecule has 2 aromatic heterocycles. The number of hydrogen-bond acceptors (Lipinski definition) is 4. The summed E-state index contributed by atoms with van der Waals surface area (Å²) in [4.78, 5) is 15.7. The van der Waals surface area contributed by atoms with E-state index in [2.05, 4.69) is 32.7 Å². The highest BCUT2D eigenvalue weighted by molar-refractivity contribution is 5.90. The summed E-state index contributed by atoms with van der Waals surface area (Å²) in [6.45, 7) is 4.71. The van der Waals surface area contributed by atoms with E-state index in [1.54, 1.807) is 18.5 Å². The van der Waals surface area contributed by atoms with Crippen LogP contribution in [0.4, 0.5) is 5.69 Å². The van der Waals surface area contributed by atoms with E-state index in [-0.39, 0.29) is 11.9 Å². The van der Waals surface area contributed by atoms with Crippen molar-refractivity contribution in [3.63, 3.8) is 0 Å². The van der Waals surface area contributed by atoms with Crippen LogP contribution in [0, 0.1) is 6.92 Å². The smallest absolute Gasteiger partial charge is 0.225 e. The Morgan fingerprint density at radius 1 is 1.48 bits per heavy atom. The Balaban J connectivity index is 1.65. The first-order valence-corrected chi connectivity index (χ1v) is 7.07. The summed E-state index contributed by atoms with van der Waals surface area (Å²) in [6.07, 6.45) is 4.58. The number of nitrogens with zero attached hydrogens (tertiary/aromatic N) is 2. The second kappa shape index (κ2) is 7.54. The third-order valence-corrected chi connectivity index (χ3v) is 3.06. The lowest BCUT2D eigenvalue weighted by Gasteiger charge is -2.12. The van der Waals surface area contributed by atoms with Gasteiger partial charge in [-0.15, -0.1) is 0 Å². The van der Waals surface area contributed by atoms with Gasteiger partial charge in [0.1, 0.15) is 0 Å². The molecule has 3 N–H and O–H groups in total. The average molecular weight is 287 g/mol. The van der Waals surface area contributed by atoms with Crippen LogP contribution in [-0.2, 0) is 11.2 Å². The SMILES string of the molecule is Cc1cc(CC(C)NCCC(=O)Nc2cccnc2)n[nH]1. The van der Waals surface area contributed by atoms with Crippen LogP contribution < -0.4 is 10.6 Å². The molecule has 6 heteroatoms. The number of rotatable bonds is 7. The molecule has 0 aliphatic rings. The topological polar surface area (TPSA) is 82.7 Å². The summed E-state index contributed by atoms with van der Waals surface area (Å²) in [5.74, 6) is -0.0155. The molecule has 0 saturated heterocycles. The van der Waals surface area contributed by atoms with Gasteiger partial charge in [0.15, 0.2) is 0 Å². The van der Waals surface area contributed by atoms with E-state index >= 15 is 0 Å². The minimum Gasteiger partial charge on any atom is -0.325 e. The minimum atomic E-state index is -0.0155. The van der Waals surface area contributed by atoms with Crippen LogP contribution in [0.15, 0.2) is 30.6 Å². The van der Waals surface area contributed by atoms with Crippen molar-refractivity contribution in [2.75, 3.05) is 11.9 Å². The van der Waals surface area contributed by atoms with E-state index in [0.717, 1.165) is 23.5 Å². The number of anilines is 1. The number of hydrogen-bond donors (Lipinski definition) is 3. The third-order valence-electron chi connectivity index (χ3n) is 3.06. The first-order valence-electron chi connectivity index (χ1n) is 7.07. The zero-order valence-corrected chi connectivity index (χ0v) is 12.4. The number of aromatic amines is 1. The van der Waals surface area contributed by atoms with Gasteiger partial charge in [0.2, 0.25) is 5.91 Å². The van der Waals surface area contributed by atoms with Crippen molar-refractivity contribution in [2.45, 2.75) is 32.7 Å². The Labute approximate surface area is 124 Å². The maximum atomic E-state index is 11.8. The molecular weight excluding hydrogens is 266 g/mol. The number of amides is 1. The van der Waals surface area contributed by atoms with Crippen LogP contribution in [0.1, 0.15) is 24.7 Å². The lowest BCUT2D eigenvalue weighted by atomic mass is 10.1. The van der Waals surface area contributed by atoms with Crippen LogP contribution in [-0.4, -0.2) is 33.7 Å². The molecule has 2 heterocycles. The molecule has 0 saturated carbocycles. The third kappa shape index (κ3) is 5.35. The number of H-pyrrole nitrogens is 1. The van der Waals surface area contributed by atoms with Crippen molar-refractivity contribution < 1.29 is 4.79 Å². The maximum absolute atomic E-state index is 11.8. The number of nitrogens with one attached hydrogen (secondary N) is 3. The van der Waals surface area contributed by atoms with Gasteiger partial charge in [-0.25, -0.2) is 0 Å². The first-order chi connectivity index (χ1) is 10.1. The van der Waals surface area contributed by atoms with Crippen molar-refractivity contribution >= 4 is 11.6 Å². The minimum absolute atomic E-state index is 0.0155. The molecule has 0 spiro atoms. The molecule has 2 rings (SSSR count). The molecule has 1 unspecified atom stereocenters. The lowest BCUT2D eigenvalue weighted by molar-refractivity contribution is -0.116. The molecule has 0 fully saturated rings. The van der Waals surface area contributed by atoms with Gasteiger partial charge in [0.25, 0.3) is 0 Å². The lowest BCUT2D eigenvalue weighted by Crippen LogP contribution is -2.31. The van der Waals surface area contributed by atoms with E-state index < -0.39 is 0 Å². The van der Waals surface area contributed by atoms with Crippen molar-refractivity contribution in [2.24, 2.45) is 0 Å². The van der Waals surface area contributed by atoms with Gasteiger partial charge in [-0.05, 0) is 32.0 Å². The molecule has 0 aliphatic carbocycles. The summed E-state index contributed by atoms with van der Waals surface area (Å²) >= 11 is 0. The van der Waals surface area contributed by atoms with Gasteiger partial charge < -0.3 is 10.6 Å². The molecule has 0 bridgehead atoms. The summed E-state index contributed by atoms with van der Waals surface area (Å²) in [5, 5.41) is 13.3. The van der Waals surface area contributed by atoms with Gasteiger partial charge in [-0.3, -0.25) is 14.9 Å². The van der Waals surface area contributed by atoms with Crippen LogP contribution in [0.2, 0.25) is 0 Å². The molecular formula is C15H21N5O. The number of aromatic nitrogens is 3. The highest BCUT2D eigenvalue weighted by atomic mass is 16.1. The van der Waals surface area contributed by atoms with Crippen molar-refractivity contribution in [3.8, 4) is 0 Å². The molecule has 2 aromatic rings. The zero-order chi connectivity index (χ0) is 15.1. The number of pyridine rings is 1. The van der Waals surface area contributed by atoms with Crippen LogP contribution >= 0.6 is 0 Å². The summed E-state index contributed by atoms with van der Waals surface area (Å²) in [7, 11) is 0. The van der Waals surface area contributed by atoms with E-state index in [9.17, 15) is 4.79 Å². The second-order valence-electron chi connectivity index (χ2n) is 5.14.